The Morgan fingerprint density at radius 1 is 1.40 bits per heavy atom. The lowest BCUT2D eigenvalue weighted by Crippen LogP contribution is -2.46. The maximum Gasteiger partial charge on any atom is 0.0943 e. The topological polar surface area (TPSA) is 29.5 Å². The first-order valence-electron chi connectivity index (χ1n) is 6.07. The number of aliphatic hydroxyl groups excluding tert-OH is 1. The molecule has 1 unspecified atom stereocenters. The van der Waals surface area contributed by atoms with Crippen LogP contribution in [0.25, 0.3) is 0 Å². The van der Waals surface area contributed by atoms with Crippen molar-refractivity contribution in [2.75, 3.05) is 6.61 Å². The van der Waals surface area contributed by atoms with E-state index in [9.17, 15) is 5.11 Å². The van der Waals surface area contributed by atoms with Crippen LogP contribution in [0.5, 0.6) is 0 Å². The van der Waals surface area contributed by atoms with Crippen LogP contribution in [0, 0.1) is 0 Å². The molecule has 1 fully saturated rings. The Bertz CT molecular complexity index is 199. The van der Waals surface area contributed by atoms with Gasteiger partial charge in [-0.15, -0.1) is 6.58 Å². The zero-order valence-corrected chi connectivity index (χ0v) is 10.1. The van der Waals surface area contributed by atoms with Crippen molar-refractivity contribution >= 4 is 0 Å². The molecule has 1 N–H and O–H groups in total. The van der Waals surface area contributed by atoms with Gasteiger partial charge in [-0.3, -0.25) is 0 Å². The number of aliphatic hydroxyl groups is 1. The van der Waals surface area contributed by atoms with E-state index in [1.165, 1.54) is 19.3 Å². The molecular weight excluding hydrogens is 188 g/mol. The van der Waals surface area contributed by atoms with Crippen molar-refractivity contribution < 1.29 is 9.84 Å². The first-order valence-corrected chi connectivity index (χ1v) is 6.07. The molecule has 0 aromatic rings. The van der Waals surface area contributed by atoms with E-state index in [0.717, 1.165) is 18.4 Å². The van der Waals surface area contributed by atoms with Crippen LogP contribution in [0.4, 0.5) is 0 Å². The number of hydrogen-bond acceptors (Lipinski definition) is 2. The number of hydrogen-bond donors (Lipinski definition) is 1. The van der Waals surface area contributed by atoms with E-state index in [4.69, 9.17) is 4.74 Å². The fourth-order valence-corrected chi connectivity index (χ4v) is 2.53. The Morgan fingerprint density at radius 3 is 2.47 bits per heavy atom. The number of ether oxygens (including phenoxy) is 1. The molecule has 2 nitrogen and oxygen atoms in total. The van der Waals surface area contributed by atoms with Gasteiger partial charge in [0.15, 0.2) is 0 Å². The summed E-state index contributed by atoms with van der Waals surface area (Å²) in [5.41, 5.74) is 0.749. The smallest absolute Gasteiger partial charge is 0.0943 e. The first kappa shape index (κ1) is 12.7. The second-order valence-electron chi connectivity index (χ2n) is 4.74. The van der Waals surface area contributed by atoms with Gasteiger partial charge < -0.3 is 9.84 Å². The molecular formula is C13H24O2. The predicted octanol–water partition coefficient (Wildman–Crippen LogP) is 3.05. The normalized spacial score (nSPS) is 22.3. The van der Waals surface area contributed by atoms with Crippen molar-refractivity contribution in [3.63, 3.8) is 0 Å². The summed E-state index contributed by atoms with van der Waals surface area (Å²) in [7, 11) is 0. The van der Waals surface area contributed by atoms with E-state index >= 15 is 0 Å². The predicted molar refractivity (Wildman–Crippen MR) is 62.9 cm³/mol. The molecule has 0 heterocycles. The molecule has 1 aliphatic carbocycles. The summed E-state index contributed by atoms with van der Waals surface area (Å²) in [4.78, 5) is 0. The molecule has 1 aliphatic rings. The van der Waals surface area contributed by atoms with E-state index in [0.29, 0.717) is 13.0 Å². The van der Waals surface area contributed by atoms with Gasteiger partial charge in [-0.1, -0.05) is 24.8 Å². The summed E-state index contributed by atoms with van der Waals surface area (Å²) in [5.74, 6) is 0. The van der Waals surface area contributed by atoms with Gasteiger partial charge in [0, 0.05) is 6.61 Å². The summed E-state index contributed by atoms with van der Waals surface area (Å²) < 4.78 is 5.84. The molecule has 0 amide bonds. The molecule has 0 aliphatic heterocycles. The Balaban J connectivity index is 2.65. The second-order valence-corrected chi connectivity index (χ2v) is 4.74. The van der Waals surface area contributed by atoms with Crippen molar-refractivity contribution in [3.05, 3.63) is 12.2 Å². The van der Waals surface area contributed by atoms with Crippen molar-refractivity contribution in [1.29, 1.82) is 0 Å². The van der Waals surface area contributed by atoms with Crippen LogP contribution >= 0.6 is 0 Å². The average Bonchev–Trinajstić information content (AvgIpc) is 2.18. The molecule has 1 saturated carbocycles. The van der Waals surface area contributed by atoms with Gasteiger partial charge in [-0.05, 0) is 33.1 Å². The van der Waals surface area contributed by atoms with Crippen LogP contribution in [0.3, 0.4) is 0 Å². The van der Waals surface area contributed by atoms with Gasteiger partial charge in [0.25, 0.3) is 0 Å². The van der Waals surface area contributed by atoms with Crippen molar-refractivity contribution in [3.8, 4) is 0 Å². The van der Waals surface area contributed by atoms with Crippen LogP contribution in [-0.4, -0.2) is 23.4 Å². The highest BCUT2D eigenvalue weighted by Gasteiger charge is 2.39. The number of rotatable bonds is 5. The summed E-state index contributed by atoms with van der Waals surface area (Å²) in [6.45, 7) is 8.52. The minimum absolute atomic E-state index is 0.286. The quantitative estimate of drug-likeness (QED) is 0.710. The Hall–Kier alpha value is -0.340. The van der Waals surface area contributed by atoms with Gasteiger partial charge in [0.05, 0.1) is 11.7 Å². The standard InChI is InChI=1S/C13H24O2/c1-4-15-13(8-6-5-7-9-13)12(14)10-11(2)3/h12,14H,2,4-10H2,1,3H3. The van der Waals surface area contributed by atoms with E-state index in [-0.39, 0.29) is 11.7 Å². The van der Waals surface area contributed by atoms with E-state index in [2.05, 4.69) is 6.58 Å². The van der Waals surface area contributed by atoms with Crippen LogP contribution < -0.4 is 0 Å². The first-order chi connectivity index (χ1) is 7.10. The second kappa shape index (κ2) is 5.66. The van der Waals surface area contributed by atoms with E-state index in [1.54, 1.807) is 0 Å². The lowest BCUT2D eigenvalue weighted by Gasteiger charge is -2.41. The summed E-state index contributed by atoms with van der Waals surface area (Å²) in [6, 6.07) is 0. The van der Waals surface area contributed by atoms with E-state index < -0.39 is 0 Å². The van der Waals surface area contributed by atoms with Gasteiger partial charge >= 0.3 is 0 Å². The van der Waals surface area contributed by atoms with Gasteiger partial charge in [0.2, 0.25) is 0 Å². The van der Waals surface area contributed by atoms with Gasteiger partial charge in [0.1, 0.15) is 0 Å². The van der Waals surface area contributed by atoms with Crippen LogP contribution in [0.15, 0.2) is 12.2 Å². The van der Waals surface area contributed by atoms with Crippen LogP contribution in [-0.2, 0) is 4.74 Å². The monoisotopic (exact) mass is 212 g/mol. The van der Waals surface area contributed by atoms with Crippen molar-refractivity contribution in [2.45, 2.75) is 64.1 Å². The Labute approximate surface area is 93.3 Å². The SMILES string of the molecule is C=C(C)CC(O)C1(OCC)CCCCC1. The molecule has 0 aromatic carbocycles. The minimum atomic E-state index is -0.379. The third kappa shape index (κ3) is 3.32. The minimum Gasteiger partial charge on any atom is -0.390 e. The van der Waals surface area contributed by atoms with Crippen molar-refractivity contribution in [2.24, 2.45) is 0 Å². The van der Waals surface area contributed by atoms with Crippen molar-refractivity contribution in [1.82, 2.24) is 0 Å². The molecule has 0 aromatic heterocycles. The average molecular weight is 212 g/mol. The molecule has 15 heavy (non-hydrogen) atoms. The summed E-state index contributed by atoms with van der Waals surface area (Å²) in [6.07, 6.45) is 5.90. The highest BCUT2D eigenvalue weighted by molar-refractivity contribution is 4.99. The maximum atomic E-state index is 10.2. The summed E-state index contributed by atoms with van der Waals surface area (Å²) in [5, 5.41) is 10.2. The van der Waals surface area contributed by atoms with Gasteiger partial charge in [-0.25, -0.2) is 0 Å². The molecule has 0 radical (unpaired) electrons. The molecule has 88 valence electrons. The lowest BCUT2D eigenvalue weighted by molar-refractivity contribution is -0.138. The highest BCUT2D eigenvalue weighted by Crippen LogP contribution is 2.36. The fourth-order valence-electron chi connectivity index (χ4n) is 2.53. The zero-order chi connectivity index (χ0) is 11.3. The lowest BCUT2D eigenvalue weighted by atomic mass is 9.78. The molecule has 1 rings (SSSR count). The van der Waals surface area contributed by atoms with Gasteiger partial charge in [-0.2, -0.15) is 0 Å². The third-order valence-electron chi connectivity index (χ3n) is 3.28. The Kier molecular flexibility index (Phi) is 4.81. The van der Waals surface area contributed by atoms with E-state index in [1.807, 2.05) is 13.8 Å². The molecule has 0 saturated heterocycles. The maximum absolute atomic E-state index is 10.2. The molecule has 2 heteroatoms. The largest absolute Gasteiger partial charge is 0.390 e. The molecule has 0 spiro atoms. The Morgan fingerprint density at radius 2 is 2.00 bits per heavy atom. The molecule has 0 bridgehead atoms. The van der Waals surface area contributed by atoms with Crippen LogP contribution in [0.1, 0.15) is 52.4 Å². The summed E-state index contributed by atoms with van der Waals surface area (Å²) >= 11 is 0. The third-order valence-corrected chi connectivity index (χ3v) is 3.28. The highest BCUT2D eigenvalue weighted by atomic mass is 16.5. The fraction of sp³-hybridized carbons (Fsp3) is 0.846. The van der Waals surface area contributed by atoms with Crippen LogP contribution in [0.2, 0.25) is 0 Å². The zero-order valence-electron chi connectivity index (χ0n) is 10.1. The molecule has 1 atom stereocenters.